The first-order valence-corrected chi connectivity index (χ1v) is 6.15. The molecule has 0 aliphatic rings. The predicted molar refractivity (Wildman–Crippen MR) is 72.5 cm³/mol. The Balaban J connectivity index is 2.04. The Hall–Kier alpha value is -1.98. The van der Waals surface area contributed by atoms with Crippen molar-refractivity contribution in [1.29, 1.82) is 0 Å². The Morgan fingerprint density at radius 2 is 2.28 bits per heavy atom. The van der Waals surface area contributed by atoms with Gasteiger partial charge in [-0.15, -0.1) is 0 Å². The van der Waals surface area contributed by atoms with E-state index in [-0.39, 0.29) is 6.04 Å². The molecule has 18 heavy (non-hydrogen) atoms. The lowest BCUT2D eigenvalue weighted by Gasteiger charge is -2.13. The van der Waals surface area contributed by atoms with Crippen LogP contribution in [0.2, 0.25) is 0 Å². The molecule has 0 saturated heterocycles. The fourth-order valence-corrected chi connectivity index (χ4v) is 1.85. The third kappa shape index (κ3) is 2.47. The lowest BCUT2D eigenvalue weighted by atomic mass is 10.3. The maximum absolute atomic E-state index is 6.03. The van der Waals surface area contributed by atoms with Crippen LogP contribution in [-0.4, -0.2) is 26.3 Å². The minimum atomic E-state index is 0.288. The topological polar surface area (TPSA) is 84.5 Å². The molecule has 2 aromatic rings. The van der Waals surface area contributed by atoms with E-state index in [0.29, 0.717) is 0 Å². The van der Waals surface area contributed by atoms with Crippen molar-refractivity contribution in [2.75, 3.05) is 17.6 Å². The second-order valence-corrected chi connectivity index (χ2v) is 4.64. The second kappa shape index (κ2) is 5.12. The maximum Gasteiger partial charge on any atom is 0.148 e. The van der Waals surface area contributed by atoms with Crippen molar-refractivity contribution in [3.8, 4) is 0 Å². The maximum atomic E-state index is 6.03. The van der Waals surface area contributed by atoms with Crippen molar-refractivity contribution in [2.45, 2.75) is 33.2 Å². The van der Waals surface area contributed by atoms with E-state index in [4.69, 9.17) is 5.73 Å². The van der Waals surface area contributed by atoms with Gasteiger partial charge in [-0.1, -0.05) is 0 Å². The summed E-state index contributed by atoms with van der Waals surface area (Å²) in [6.45, 7) is 6.90. The van der Waals surface area contributed by atoms with Crippen molar-refractivity contribution >= 4 is 11.5 Å². The Kier molecular flexibility index (Phi) is 3.55. The third-order valence-electron chi connectivity index (χ3n) is 2.86. The van der Waals surface area contributed by atoms with Crippen molar-refractivity contribution in [1.82, 2.24) is 19.7 Å². The Morgan fingerprint density at radius 3 is 2.89 bits per heavy atom. The number of imidazole rings is 1. The first-order valence-electron chi connectivity index (χ1n) is 6.15. The molecule has 6 nitrogen and oxygen atoms in total. The van der Waals surface area contributed by atoms with Crippen LogP contribution in [-0.2, 0) is 6.42 Å². The highest BCUT2D eigenvalue weighted by Gasteiger charge is 2.13. The van der Waals surface area contributed by atoms with Gasteiger partial charge in [0.1, 0.15) is 5.82 Å². The average molecular weight is 248 g/mol. The molecule has 0 spiro atoms. The molecule has 6 heteroatoms. The molecule has 0 aliphatic heterocycles. The number of nitrogen functional groups attached to an aromatic ring is 1. The van der Waals surface area contributed by atoms with Crippen LogP contribution in [0.25, 0.3) is 0 Å². The molecule has 0 atom stereocenters. The average Bonchev–Trinajstić information content (AvgIpc) is 2.92. The standard InChI is InChI=1S/C12H20N6/c1-8(2)18-12(11(13)9(3)17-18)15-5-4-10-6-14-7-16-10/h6-8,15H,4-5,13H2,1-3H3,(H,14,16). The number of nitrogens with one attached hydrogen (secondary N) is 2. The molecule has 0 unspecified atom stereocenters. The highest BCUT2D eigenvalue weighted by atomic mass is 15.4. The van der Waals surface area contributed by atoms with E-state index in [9.17, 15) is 0 Å². The molecule has 0 fully saturated rings. The number of rotatable bonds is 5. The number of aryl methyl sites for hydroxylation is 1. The minimum Gasteiger partial charge on any atom is -0.394 e. The van der Waals surface area contributed by atoms with Gasteiger partial charge in [0.05, 0.1) is 17.7 Å². The number of hydrogen-bond donors (Lipinski definition) is 3. The van der Waals surface area contributed by atoms with Gasteiger partial charge >= 0.3 is 0 Å². The molecule has 0 radical (unpaired) electrons. The van der Waals surface area contributed by atoms with E-state index in [1.54, 1.807) is 6.33 Å². The lowest BCUT2D eigenvalue weighted by Crippen LogP contribution is -2.13. The summed E-state index contributed by atoms with van der Waals surface area (Å²) in [4.78, 5) is 7.07. The van der Waals surface area contributed by atoms with Gasteiger partial charge in [-0.2, -0.15) is 5.10 Å². The van der Waals surface area contributed by atoms with Crippen LogP contribution in [0.4, 0.5) is 11.5 Å². The summed E-state index contributed by atoms with van der Waals surface area (Å²) in [6, 6.07) is 0.288. The lowest BCUT2D eigenvalue weighted by molar-refractivity contribution is 0.534. The van der Waals surface area contributed by atoms with Gasteiger partial charge in [-0.25, -0.2) is 9.67 Å². The molecule has 0 aliphatic carbocycles. The zero-order chi connectivity index (χ0) is 13.1. The molecule has 0 amide bonds. The van der Waals surface area contributed by atoms with E-state index in [1.807, 2.05) is 17.8 Å². The van der Waals surface area contributed by atoms with Crippen molar-refractivity contribution in [2.24, 2.45) is 0 Å². The highest BCUT2D eigenvalue weighted by Crippen LogP contribution is 2.25. The number of nitrogens with two attached hydrogens (primary N) is 1. The van der Waals surface area contributed by atoms with Crippen molar-refractivity contribution < 1.29 is 0 Å². The number of H-pyrrole nitrogens is 1. The van der Waals surface area contributed by atoms with Crippen LogP contribution >= 0.6 is 0 Å². The van der Waals surface area contributed by atoms with E-state index in [0.717, 1.165) is 35.9 Å². The largest absolute Gasteiger partial charge is 0.394 e. The van der Waals surface area contributed by atoms with E-state index >= 15 is 0 Å². The molecule has 4 N–H and O–H groups in total. The molecule has 2 rings (SSSR count). The molecular formula is C12H20N6. The Morgan fingerprint density at radius 1 is 1.50 bits per heavy atom. The van der Waals surface area contributed by atoms with Crippen LogP contribution in [0.15, 0.2) is 12.5 Å². The van der Waals surface area contributed by atoms with Crippen molar-refractivity contribution in [3.63, 3.8) is 0 Å². The Bertz CT molecular complexity index is 497. The van der Waals surface area contributed by atoms with Crippen LogP contribution in [0.3, 0.4) is 0 Å². The summed E-state index contributed by atoms with van der Waals surface area (Å²) in [5.74, 6) is 0.905. The summed E-state index contributed by atoms with van der Waals surface area (Å²) in [6.07, 6.45) is 4.39. The monoisotopic (exact) mass is 248 g/mol. The number of hydrogen-bond acceptors (Lipinski definition) is 4. The van der Waals surface area contributed by atoms with Gasteiger partial charge < -0.3 is 16.0 Å². The molecule has 2 aromatic heterocycles. The molecule has 0 saturated carbocycles. The zero-order valence-corrected chi connectivity index (χ0v) is 11.1. The predicted octanol–water partition coefficient (Wildman–Crippen LogP) is 1.73. The summed E-state index contributed by atoms with van der Waals surface area (Å²) in [5, 5.41) is 7.78. The fourth-order valence-electron chi connectivity index (χ4n) is 1.85. The Labute approximate surface area is 107 Å². The van der Waals surface area contributed by atoms with Gasteiger partial charge in [0.15, 0.2) is 0 Å². The van der Waals surface area contributed by atoms with Crippen molar-refractivity contribution in [3.05, 3.63) is 23.9 Å². The fraction of sp³-hybridized carbons (Fsp3) is 0.500. The SMILES string of the molecule is Cc1nn(C(C)C)c(NCCc2cnc[nH]2)c1N. The molecule has 0 bridgehead atoms. The summed E-state index contributed by atoms with van der Waals surface area (Å²) >= 11 is 0. The van der Waals surface area contributed by atoms with E-state index in [2.05, 4.69) is 34.2 Å². The first-order chi connectivity index (χ1) is 8.59. The van der Waals surface area contributed by atoms with E-state index in [1.165, 1.54) is 0 Å². The van der Waals surface area contributed by atoms with Gasteiger partial charge in [0.2, 0.25) is 0 Å². The summed E-state index contributed by atoms with van der Waals surface area (Å²) in [7, 11) is 0. The number of aromatic nitrogens is 4. The molecular weight excluding hydrogens is 228 g/mol. The zero-order valence-electron chi connectivity index (χ0n) is 11.1. The smallest absolute Gasteiger partial charge is 0.148 e. The van der Waals surface area contributed by atoms with Gasteiger partial charge in [-0.3, -0.25) is 0 Å². The quantitative estimate of drug-likeness (QED) is 0.752. The summed E-state index contributed by atoms with van der Waals surface area (Å²) in [5.41, 5.74) is 8.74. The molecule has 2 heterocycles. The van der Waals surface area contributed by atoms with E-state index < -0.39 is 0 Å². The third-order valence-corrected chi connectivity index (χ3v) is 2.86. The first kappa shape index (κ1) is 12.5. The minimum absolute atomic E-state index is 0.288. The van der Waals surface area contributed by atoms with Gasteiger partial charge in [0.25, 0.3) is 0 Å². The normalized spacial score (nSPS) is 11.1. The van der Waals surface area contributed by atoms with Gasteiger partial charge in [-0.05, 0) is 20.8 Å². The molecule has 98 valence electrons. The molecule has 0 aromatic carbocycles. The van der Waals surface area contributed by atoms with Crippen LogP contribution in [0, 0.1) is 6.92 Å². The van der Waals surface area contributed by atoms with Crippen LogP contribution in [0.1, 0.15) is 31.3 Å². The highest BCUT2D eigenvalue weighted by molar-refractivity contribution is 5.64. The van der Waals surface area contributed by atoms with Crippen LogP contribution < -0.4 is 11.1 Å². The number of aromatic amines is 1. The van der Waals surface area contributed by atoms with Gasteiger partial charge in [0, 0.05) is 30.9 Å². The number of anilines is 2. The second-order valence-electron chi connectivity index (χ2n) is 4.64. The van der Waals surface area contributed by atoms with Crippen LogP contribution in [0.5, 0.6) is 0 Å². The number of nitrogens with zero attached hydrogens (tertiary/aromatic N) is 3. The summed E-state index contributed by atoms with van der Waals surface area (Å²) < 4.78 is 1.93.